The molecule has 5 nitrogen and oxygen atoms in total. The number of hydrogen-bond donors (Lipinski definition) is 2. The van der Waals surface area contributed by atoms with E-state index in [9.17, 15) is 0 Å². The number of aryl methyl sites for hydroxylation is 3. The number of imidazole rings is 1. The molecule has 3 N–H and O–H groups in total. The molecule has 1 aromatic heterocycles. The molecule has 3 rings (SSSR count). The highest BCUT2D eigenvalue weighted by Crippen LogP contribution is 2.15. The average Bonchev–Trinajstić information content (AvgIpc) is 2.81. The van der Waals surface area contributed by atoms with E-state index in [1.807, 2.05) is 48.0 Å². The van der Waals surface area contributed by atoms with E-state index in [1.54, 1.807) is 0 Å². The van der Waals surface area contributed by atoms with Gasteiger partial charge in [0.15, 0.2) is 5.96 Å². The molecule has 1 heterocycles. The Hall–Kier alpha value is -2.82. The van der Waals surface area contributed by atoms with Crippen molar-refractivity contribution in [1.29, 1.82) is 0 Å². The first kappa shape index (κ1) is 15.1. The van der Waals surface area contributed by atoms with Gasteiger partial charge in [-0.05, 0) is 49.2 Å². The molecule has 118 valence electrons. The lowest BCUT2D eigenvalue weighted by molar-refractivity contribution is 0.812. The van der Waals surface area contributed by atoms with Gasteiger partial charge < -0.3 is 15.6 Å². The molecular formula is C18H21N5. The summed E-state index contributed by atoms with van der Waals surface area (Å²) in [6.07, 6.45) is 0. The van der Waals surface area contributed by atoms with E-state index in [1.165, 1.54) is 11.1 Å². The predicted octanol–water partition coefficient (Wildman–Crippen LogP) is 3.12. The SMILES string of the molecule is Cc1cc(C)cc(NC(N)=NCc2nc3ccccc3n2C)c1. The van der Waals surface area contributed by atoms with Crippen LogP contribution in [0.1, 0.15) is 17.0 Å². The van der Waals surface area contributed by atoms with Gasteiger partial charge in [0.05, 0.1) is 11.0 Å². The third-order valence-corrected chi connectivity index (χ3v) is 3.76. The highest BCUT2D eigenvalue weighted by atomic mass is 15.1. The minimum atomic E-state index is 0.391. The zero-order valence-electron chi connectivity index (χ0n) is 13.7. The lowest BCUT2D eigenvalue weighted by atomic mass is 10.1. The van der Waals surface area contributed by atoms with Crippen molar-refractivity contribution in [3.05, 3.63) is 59.4 Å². The third kappa shape index (κ3) is 3.34. The van der Waals surface area contributed by atoms with Crippen molar-refractivity contribution in [3.8, 4) is 0 Å². The summed E-state index contributed by atoms with van der Waals surface area (Å²) in [4.78, 5) is 9.00. The number of hydrogen-bond acceptors (Lipinski definition) is 2. The maximum Gasteiger partial charge on any atom is 0.193 e. The fourth-order valence-electron chi connectivity index (χ4n) is 2.73. The number of anilines is 1. The molecule has 0 unspecified atom stereocenters. The van der Waals surface area contributed by atoms with Crippen LogP contribution in [-0.2, 0) is 13.6 Å². The monoisotopic (exact) mass is 307 g/mol. The minimum Gasteiger partial charge on any atom is -0.370 e. The zero-order valence-corrected chi connectivity index (χ0v) is 13.7. The smallest absolute Gasteiger partial charge is 0.193 e. The minimum absolute atomic E-state index is 0.391. The van der Waals surface area contributed by atoms with Crippen molar-refractivity contribution < 1.29 is 0 Å². The first-order valence-corrected chi connectivity index (χ1v) is 7.58. The summed E-state index contributed by atoms with van der Waals surface area (Å²) in [5, 5.41) is 3.14. The van der Waals surface area contributed by atoms with Crippen molar-refractivity contribution in [3.63, 3.8) is 0 Å². The van der Waals surface area contributed by atoms with Crippen LogP contribution in [0.3, 0.4) is 0 Å². The zero-order chi connectivity index (χ0) is 16.4. The van der Waals surface area contributed by atoms with Gasteiger partial charge in [-0.15, -0.1) is 0 Å². The van der Waals surface area contributed by atoms with Gasteiger partial charge in [0.25, 0.3) is 0 Å². The summed E-state index contributed by atoms with van der Waals surface area (Å²) in [6.45, 7) is 4.56. The third-order valence-electron chi connectivity index (χ3n) is 3.76. The molecule has 0 spiro atoms. The highest BCUT2D eigenvalue weighted by molar-refractivity contribution is 5.92. The van der Waals surface area contributed by atoms with Crippen molar-refractivity contribution in [1.82, 2.24) is 9.55 Å². The van der Waals surface area contributed by atoms with Crippen LogP contribution in [0.5, 0.6) is 0 Å². The van der Waals surface area contributed by atoms with Crippen molar-refractivity contribution >= 4 is 22.7 Å². The Morgan fingerprint density at radius 3 is 2.57 bits per heavy atom. The molecule has 0 aliphatic heterocycles. The van der Waals surface area contributed by atoms with Crippen LogP contribution in [0.2, 0.25) is 0 Å². The molecular weight excluding hydrogens is 286 g/mol. The fourth-order valence-corrected chi connectivity index (χ4v) is 2.73. The number of aromatic nitrogens is 2. The molecule has 0 atom stereocenters. The number of benzene rings is 2. The standard InChI is InChI=1S/C18H21N5/c1-12-8-13(2)10-14(9-12)21-18(19)20-11-17-22-15-6-4-5-7-16(15)23(17)3/h4-10H,11H2,1-3H3,(H3,19,20,21). The highest BCUT2D eigenvalue weighted by Gasteiger charge is 2.06. The molecule has 0 aliphatic carbocycles. The molecule has 3 aromatic rings. The summed E-state index contributed by atoms with van der Waals surface area (Å²) in [5.41, 5.74) is 11.4. The Bertz CT molecular complexity index is 856. The quantitative estimate of drug-likeness (QED) is 0.577. The number of para-hydroxylation sites is 2. The van der Waals surface area contributed by atoms with Crippen LogP contribution in [-0.4, -0.2) is 15.5 Å². The van der Waals surface area contributed by atoms with Crippen molar-refractivity contribution in [2.75, 3.05) is 5.32 Å². The van der Waals surface area contributed by atoms with Gasteiger partial charge >= 0.3 is 0 Å². The van der Waals surface area contributed by atoms with E-state index < -0.39 is 0 Å². The van der Waals surface area contributed by atoms with Crippen molar-refractivity contribution in [2.45, 2.75) is 20.4 Å². The second-order valence-corrected chi connectivity index (χ2v) is 5.78. The maximum absolute atomic E-state index is 6.00. The van der Waals surface area contributed by atoms with Crippen LogP contribution in [0.25, 0.3) is 11.0 Å². The summed E-state index contributed by atoms with van der Waals surface area (Å²) in [6, 6.07) is 14.3. The van der Waals surface area contributed by atoms with Gasteiger partial charge in [-0.1, -0.05) is 18.2 Å². The molecule has 0 aliphatic rings. The molecule has 0 saturated carbocycles. The molecule has 23 heavy (non-hydrogen) atoms. The molecule has 0 fully saturated rings. The van der Waals surface area contributed by atoms with Crippen molar-refractivity contribution in [2.24, 2.45) is 17.8 Å². The lowest BCUT2D eigenvalue weighted by Gasteiger charge is -2.08. The normalized spacial score (nSPS) is 11.9. The molecule has 2 aromatic carbocycles. The number of fused-ring (bicyclic) bond motifs is 1. The topological polar surface area (TPSA) is 68.2 Å². The number of nitrogens with zero attached hydrogens (tertiary/aromatic N) is 3. The van der Waals surface area contributed by atoms with Gasteiger partial charge in [0.1, 0.15) is 12.4 Å². The van der Waals surface area contributed by atoms with E-state index in [4.69, 9.17) is 5.73 Å². The first-order chi connectivity index (χ1) is 11.0. The average molecular weight is 307 g/mol. The predicted molar refractivity (Wildman–Crippen MR) is 95.6 cm³/mol. The Balaban J connectivity index is 1.77. The second kappa shape index (κ2) is 6.12. The van der Waals surface area contributed by atoms with Crippen LogP contribution in [0.15, 0.2) is 47.5 Å². The summed E-state index contributed by atoms with van der Waals surface area (Å²) in [7, 11) is 1.99. The summed E-state index contributed by atoms with van der Waals surface area (Å²) in [5.74, 6) is 1.28. The van der Waals surface area contributed by atoms with Gasteiger partial charge in [-0.2, -0.15) is 0 Å². The number of guanidine groups is 1. The number of aliphatic imine (C=N–C) groups is 1. The maximum atomic E-state index is 6.00. The van der Waals surface area contributed by atoms with E-state index >= 15 is 0 Å². The molecule has 0 radical (unpaired) electrons. The van der Waals surface area contributed by atoms with Gasteiger partial charge in [0.2, 0.25) is 0 Å². The number of rotatable bonds is 3. The van der Waals surface area contributed by atoms with Crippen LogP contribution < -0.4 is 11.1 Å². The Labute approximate surface area is 135 Å². The fraction of sp³-hybridized carbons (Fsp3) is 0.222. The summed E-state index contributed by atoms with van der Waals surface area (Å²) >= 11 is 0. The number of nitrogens with two attached hydrogens (primary N) is 1. The molecule has 5 heteroatoms. The largest absolute Gasteiger partial charge is 0.370 e. The summed E-state index contributed by atoms with van der Waals surface area (Å²) < 4.78 is 2.04. The van der Waals surface area contributed by atoms with Crippen LogP contribution in [0.4, 0.5) is 5.69 Å². The van der Waals surface area contributed by atoms with E-state index in [0.717, 1.165) is 22.5 Å². The van der Waals surface area contributed by atoms with Gasteiger partial charge in [-0.3, -0.25) is 0 Å². The van der Waals surface area contributed by atoms with Gasteiger partial charge in [-0.25, -0.2) is 9.98 Å². The lowest BCUT2D eigenvalue weighted by Crippen LogP contribution is -2.23. The van der Waals surface area contributed by atoms with E-state index in [-0.39, 0.29) is 0 Å². The first-order valence-electron chi connectivity index (χ1n) is 7.58. The van der Waals surface area contributed by atoms with Gasteiger partial charge in [0, 0.05) is 12.7 Å². The second-order valence-electron chi connectivity index (χ2n) is 5.78. The molecule has 0 saturated heterocycles. The van der Waals surface area contributed by atoms with Crippen LogP contribution in [0, 0.1) is 13.8 Å². The van der Waals surface area contributed by atoms with Crippen LogP contribution >= 0.6 is 0 Å². The molecule has 0 bridgehead atoms. The van der Waals surface area contributed by atoms with E-state index in [0.29, 0.717) is 12.5 Å². The molecule has 0 amide bonds. The Morgan fingerprint density at radius 2 is 1.87 bits per heavy atom. The Kier molecular flexibility index (Phi) is 4.02. The van der Waals surface area contributed by atoms with E-state index in [2.05, 4.69) is 35.2 Å². The number of nitrogens with one attached hydrogen (secondary N) is 1. The Morgan fingerprint density at radius 1 is 1.17 bits per heavy atom.